The first-order chi connectivity index (χ1) is 12.6. The van der Waals surface area contributed by atoms with Crippen LogP contribution >= 0.6 is 0 Å². The molecule has 0 aliphatic carbocycles. The van der Waals surface area contributed by atoms with Crippen molar-refractivity contribution in [2.45, 2.75) is 24.4 Å². The number of rotatable bonds is 7. The van der Waals surface area contributed by atoms with Gasteiger partial charge in [-0.2, -0.15) is 0 Å². The van der Waals surface area contributed by atoms with Gasteiger partial charge in [0.1, 0.15) is 37.3 Å². The van der Waals surface area contributed by atoms with Crippen LogP contribution in [0, 0.1) is 0 Å². The van der Waals surface area contributed by atoms with Crippen LogP contribution in [0.1, 0.15) is 10.4 Å². The van der Waals surface area contributed by atoms with E-state index in [1.54, 1.807) is 24.3 Å². The lowest BCUT2D eigenvalue weighted by molar-refractivity contribution is -0.138. The summed E-state index contributed by atoms with van der Waals surface area (Å²) in [5.41, 5.74) is 0.359. The van der Waals surface area contributed by atoms with Crippen LogP contribution in [0.3, 0.4) is 0 Å². The first kappa shape index (κ1) is 18.4. The third-order valence-electron chi connectivity index (χ3n) is 4.09. The summed E-state index contributed by atoms with van der Waals surface area (Å²) in [5, 5.41) is 9.70. The molecule has 2 fully saturated rings. The lowest BCUT2D eigenvalue weighted by Crippen LogP contribution is -2.34. The molecule has 2 aliphatic rings. The summed E-state index contributed by atoms with van der Waals surface area (Å²) >= 11 is 0. The molecule has 2 saturated heterocycles. The van der Waals surface area contributed by atoms with E-state index in [0.717, 1.165) is 6.08 Å². The normalized spacial score (nSPS) is 26.8. The Bertz CT molecular complexity index is 656. The van der Waals surface area contributed by atoms with Gasteiger partial charge in [-0.15, -0.1) is 0 Å². The third kappa shape index (κ3) is 4.21. The maximum Gasteiger partial charge on any atom is 0.338 e. The van der Waals surface area contributed by atoms with Crippen molar-refractivity contribution in [3.05, 3.63) is 42.5 Å². The van der Waals surface area contributed by atoms with Crippen LogP contribution in [0.25, 0.3) is 0 Å². The minimum absolute atomic E-state index is 0.102. The summed E-state index contributed by atoms with van der Waals surface area (Å²) in [6, 6.07) is 6.39. The predicted molar refractivity (Wildman–Crippen MR) is 87.8 cm³/mol. The Hall–Kier alpha value is -2.42. The molecule has 1 N–H and O–H groups in total. The van der Waals surface area contributed by atoms with Crippen molar-refractivity contribution in [2.75, 3.05) is 26.4 Å². The summed E-state index contributed by atoms with van der Waals surface area (Å²) in [6.45, 7) is 3.96. The lowest BCUT2D eigenvalue weighted by Gasteiger charge is -2.16. The van der Waals surface area contributed by atoms with Crippen molar-refractivity contribution in [3.8, 4) is 5.75 Å². The van der Waals surface area contributed by atoms with E-state index < -0.39 is 36.4 Å². The number of fused-ring (bicyclic) bond motifs is 1. The Morgan fingerprint density at radius 2 is 1.88 bits per heavy atom. The zero-order valence-electron chi connectivity index (χ0n) is 14.0. The molecule has 2 aliphatic heterocycles. The first-order valence-electron chi connectivity index (χ1n) is 8.23. The highest BCUT2D eigenvalue weighted by Crippen LogP contribution is 2.29. The van der Waals surface area contributed by atoms with Crippen molar-refractivity contribution >= 4 is 11.9 Å². The van der Waals surface area contributed by atoms with E-state index >= 15 is 0 Å². The molecule has 0 radical (unpaired) electrons. The minimum atomic E-state index is -0.689. The number of hydrogen-bond acceptors (Lipinski definition) is 8. The Balaban J connectivity index is 1.46. The van der Waals surface area contributed by atoms with Gasteiger partial charge in [-0.05, 0) is 24.3 Å². The molecule has 4 atom stereocenters. The Kier molecular flexibility index (Phi) is 5.87. The van der Waals surface area contributed by atoms with E-state index in [9.17, 15) is 14.7 Å². The van der Waals surface area contributed by atoms with E-state index in [1.165, 1.54) is 0 Å². The highest BCUT2D eigenvalue weighted by Gasteiger charge is 2.48. The second kappa shape index (κ2) is 8.31. The molecule has 8 nitrogen and oxygen atoms in total. The molecule has 0 bridgehead atoms. The van der Waals surface area contributed by atoms with Crippen LogP contribution in [0.15, 0.2) is 36.9 Å². The number of hydrogen-bond donors (Lipinski definition) is 1. The molecule has 0 amide bonds. The van der Waals surface area contributed by atoms with Gasteiger partial charge in [0.15, 0.2) is 6.10 Å². The predicted octanol–water partition coefficient (Wildman–Crippen LogP) is 0.478. The topological polar surface area (TPSA) is 101 Å². The quantitative estimate of drug-likeness (QED) is 0.424. The highest BCUT2D eigenvalue weighted by atomic mass is 16.6. The summed E-state index contributed by atoms with van der Waals surface area (Å²) in [7, 11) is 0. The van der Waals surface area contributed by atoms with Crippen molar-refractivity contribution in [2.24, 2.45) is 0 Å². The second-order valence-corrected chi connectivity index (χ2v) is 5.85. The standard InChI is InChI=1S/C18H20O8/c1-2-15(20)23-8-7-22-12-5-3-11(4-6-12)18(21)26-14-10-25-16-13(19)9-24-17(14)16/h2-6,13-14,16-17,19H,1,7-10H2/t13-,14-,16?,17?/m1/s1. The Morgan fingerprint density at radius 3 is 2.62 bits per heavy atom. The Morgan fingerprint density at radius 1 is 1.15 bits per heavy atom. The van der Waals surface area contributed by atoms with Crippen molar-refractivity contribution in [1.82, 2.24) is 0 Å². The van der Waals surface area contributed by atoms with Crippen molar-refractivity contribution < 1.29 is 38.4 Å². The monoisotopic (exact) mass is 364 g/mol. The lowest BCUT2D eigenvalue weighted by atomic mass is 10.1. The third-order valence-corrected chi connectivity index (χ3v) is 4.09. The summed E-state index contributed by atoms with van der Waals surface area (Å²) in [6.07, 6.45) is -1.03. The van der Waals surface area contributed by atoms with E-state index in [1.807, 2.05) is 0 Å². The van der Waals surface area contributed by atoms with Crippen LogP contribution < -0.4 is 4.74 Å². The fourth-order valence-corrected chi connectivity index (χ4v) is 2.80. The average Bonchev–Trinajstić information content (AvgIpc) is 3.22. The van der Waals surface area contributed by atoms with Gasteiger partial charge in [0.25, 0.3) is 0 Å². The summed E-state index contributed by atoms with van der Waals surface area (Å²) in [5.74, 6) is -0.484. The molecule has 26 heavy (non-hydrogen) atoms. The maximum atomic E-state index is 12.2. The van der Waals surface area contributed by atoms with E-state index in [2.05, 4.69) is 6.58 Å². The molecule has 0 saturated carbocycles. The molecular weight excluding hydrogens is 344 g/mol. The molecule has 2 heterocycles. The zero-order valence-corrected chi connectivity index (χ0v) is 14.0. The smallest absolute Gasteiger partial charge is 0.338 e. The maximum absolute atomic E-state index is 12.2. The van der Waals surface area contributed by atoms with Gasteiger partial charge >= 0.3 is 11.9 Å². The van der Waals surface area contributed by atoms with Gasteiger partial charge in [-0.1, -0.05) is 6.58 Å². The van der Waals surface area contributed by atoms with Gasteiger partial charge in [0.2, 0.25) is 0 Å². The molecule has 0 aromatic heterocycles. The molecule has 140 valence electrons. The number of aliphatic hydroxyl groups is 1. The number of aliphatic hydroxyl groups excluding tert-OH is 1. The van der Waals surface area contributed by atoms with Crippen LogP contribution in [0.2, 0.25) is 0 Å². The second-order valence-electron chi connectivity index (χ2n) is 5.85. The molecule has 0 spiro atoms. The van der Waals surface area contributed by atoms with Gasteiger partial charge in [-0.25, -0.2) is 9.59 Å². The van der Waals surface area contributed by atoms with E-state index in [-0.39, 0.29) is 26.4 Å². The number of carbonyl (C=O) groups is 2. The van der Waals surface area contributed by atoms with E-state index in [4.69, 9.17) is 23.7 Å². The largest absolute Gasteiger partial charge is 0.490 e. The number of benzene rings is 1. The molecule has 3 rings (SSSR count). The van der Waals surface area contributed by atoms with Gasteiger partial charge < -0.3 is 28.8 Å². The molecule has 2 unspecified atom stereocenters. The highest BCUT2D eigenvalue weighted by molar-refractivity contribution is 5.89. The molecular formula is C18H20O8. The Labute approximate surface area is 150 Å². The SMILES string of the molecule is C=CC(=O)OCCOc1ccc(C(=O)O[C@@H]2COC3C2OC[C@H]3O)cc1. The minimum Gasteiger partial charge on any atom is -0.490 e. The number of esters is 2. The summed E-state index contributed by atoms with van der Waals surface area (Å²) in [4.78, 5) is 23.1. The van der Waals surface area contributed by atoms with Crippen molar-refractivity contribution in [3.63, 3.8) is 0 Å². The van der Waals surface area contributed by atoms with Crippen LogP contribution in [-0.4, -0.2) is 67.9 Å². The van der Waals surface area contributed by atoms with Crippen LogP contribution in [-0.2, 0) is 23.7 Å². The fourth-order valence-electron chi connectivity index (χ4n) is 2.80. The van der Waals surface area contributed by atoms with Gasteiger partial charge in [0, 0.05) is 6.08 Å². The number of ether oxygens (including phenoxy) is 5. The molecule has 1 aromatic carbocycles. The average molecular weight is 364 g/mol. The fraction of sp³-hybridized carbons (Fsp3) is 0.444. The van der Waals surface area contributed by atoms with E-state index in [0.29, 0.717) is 11.3 Å². The van der Waals surface area contributed by atoms with Gasteiger partial charge in [-0.3, -0.25) is 0 Å². The molecule has 1 aromatic rings. The van der Waals surface area contributed by atoms with Crippen LogP contribution in [0.5, 0.6) is 5.75 Å². The number of carbonyl (C=O) groups excluding carboxylic acids is 2. The zero-order chi connectivity index (χ0) is 18.5. The molecule has 8 heteroatoms. The van der Waals surface area contributed by atoms with Crippen molar-refractivity contribution in [1.29, 1.82) is 0 Å². The first-order valence-corrected chi connectivity index (χ1v) is 8.23. The van der Waals surface area contributed by atoms with Gasteiger partial charge in [0.05, 0.1) is 18.8 Å². The van der Waals surface area contributed by atoms with Crippen LogP contribution in [0.4, 0.5) is 0 Å². The summed E-state index contributed by atoms with van der Waals surface area (Å²) < 4.78 is 26.5.